The lowest BCUT2D eigenvalue weighted by atomic mass is 10.5. The van der Waals surface area contributed by atoms with Gasteiger partial charge in [0.25, 0.3) is 0 Å². The SMILES string of the molecule is CCC(NC(=O)O)P=O. The van der Waals surface area contributed by atoms with E-state index in [2.05, 4.69) is 5.32 Å². The Morgan fingerprint density at radius 1 is 1.89 bits per heavy atom. The van der Waals surface area contributed by atoms with Crippen LogP contribution in [0, 0.1) is 0 Å². The Bertz CT molecular complexity index is 116. The lowest BCUT2D eigenvalue weighted by molar-refractivity contribution is 0.193. The summed E-state index contributed by atoms with van der Waals surface area (Å²) in [5, 5.41) is 10.2. The number of hydrogen-bond donors (Lipinski definition) is 2. The highest BCUT2D eigenvalue weighted by molar-refractivity contribution is 7.24. The van der Waals surface area contributed by atoms with Crippen molar-refractivity contribution in [2.45, 2.75) is 19.1 Å². The number of nitrogens with one attached hydrogen (secondary N) is 1. The van der Waals surface area contributed by atoms with E-state index in [9.17, 15) is 9.36 Å². The van der Waals surface area contributed by atoms with Gasteiger partial charge in [0.2, 0.25) is 0 Å². The fourth-order valence-corrected chi connectivity index (χ4v) is 0.658. The van der Waals surface area contributed by atoms with E-state index < -0.39 is 11.9 Å². The van der Waals surface area contributed by atoms with Crippen molar-refractivity contribution in [2.24, 2.45) is 0 Å². The summed E-state index contributed by atoms with van der Waals surface area (Å²) in [7, 11) is -0.172. The van der Waals surface area contributed by atoms with Crippen molar-refractivity contribution in [1.82, 2.24) is 5.32 Å². The molecule has 0 spiro atoms. The van der Waals surface area contributed by atoms with Crippen molar-refractivity contribution in [2.75, 3.05) is 0 Å². The van der Waals surface area contributed by atoms with E-state index in [-0.39, 0.29) is 8.46 Å². The van der Waals surface area contributed by atoms with E-state index in [1.807, 2.05) is 0 Å². The number of amides is 1. The maximum absolute atomic E-state index is 10.0. The first-order valence-electron chi connectivity index (χ1n) is 2.52. The molecule has 0 heterocycles. The predicted molar refractivity (Wildman–Crippen MR) is 32.8 cm³/mol. The maximum Gasteiger partial charge on any atom is 0.405 e. The summed E-state index contributed by atoms with van der Waals surface area (Å²) in [5.74, 6) is -0.456. The highest BCUT2D eigenvalue weighted by atomic mass is 31.1. The molecule has 2 N–H and O–H groups in total. The average molecular weight is 149 g/mol. The number of hydrogen-bond acceptors (Lipinski definition) is 2. The van der Waals surface area contributed by atoms with E-state index in [0.29, 0.717) is 6.42 Å². The molecule has 4 nitrogen and oxygen atoms in total. The Morgan fingerprint density at radius 2 is 2.44 bits per heavy atom. The smallest absolute Gasteiger partial charge is 0.405 e. The summed E-state index contributed by atoms with van der Waals surface area (Å²) in [5.41, 5.74) is 0. The Morgan fingerprint density at radius 3 is 2.56 bits per heavy atom. The Labute approximate surface area is 54.5 Å². The lowest BCUT2D eigenvalue weighted by Crippen LogP contribution is -2.28. The number of carbonyl (C=O) groups is 1. The average Bonchev–Trinajstić information content (AvgIpc) is 1.82. The molecule has 0 aromatic carbocycles. The fraction of sp³-hybridized carbons (Fsp3) is 0.750. The molecule has 0 aromatic heterocycles. The van der Waals surface area contributed by atoms with Gasteiger partial charge in [-0.25, -0.2) is 4.79 Å². The molecule has 0 saturated carbocycles. The molecular formula is C4H8NO3P. The first-order chi connectivity index (χ1) is 4.20. The quantitative estimate of drug-likeness (QED) is 0.594. The van der Waals surface area contributed by atoms with Gasteiger partial charge in [0, 0.05) is 0 Å². The van der Waals surface area contributed by atoms with E-state index in [1.165, 1.54) is 0 Å². The van der Waals surface area contributed by atoms with Gasteiger partial charge in [0.05, 0.1) is 0 Å². The third kappa shape index (κ3) is 3.91. The van der Waals surface area contributed by atoms with Gasteiger partial charge >= 0.3 is 6.09 Å². The van der Waals surface area contributed by atoms with Crippen LogP contribution in [0.3, 0.4) is 0 Å². The normalized spacial score (nSPS) is 13.0. The fourth-order valence-electron chi connectivity index (χ4n) is 0.345. The van der Waals surface area contributed by atoms with Crippen molar-refractivity contribution >= 4 is 14.6 Å². The summed E-state index contributed by atoms with van der Waals surface area (Å²) in [6.45, 7) is 1.76. The van der Waals surface area contributed by atoms with Crippen LogP contribution in [0.25, 0.3) is 0 Å². The summed E-state index contributed by atoms with van der Waals surface area (Å²) >= 11 is 0. The van der Waals surface area contributed by atoms with Crippen LogP contribution in [0.15, 0.2) is 0 Å². The standard InChI is InChI=1S/C4H8NO3P/c1-2-3(9-8)5-4(6)7/h3,5H,2H2,1H3,(H,6,7). The molecule has 1 atom stereocenters. The maximum atomic E-state index is 10.0. The van der Waals surface area contributed by atoms with Gasteiger partial charge in [-0.05, 0) is 6.42 Å². The van der Waals surface area contributed by atoms with Gasteiger partial charge < -0.3 is 10.4 Å². The molecule has 5 heteroatoms. The van der Waals surface area contributed by atoms with Crippen LogP contribution >= 0.6 is 8.46 Å². The molecule has 0 rings (SSSR count). The second-order valence-corrected chi connectivity index (χ2v) is 2.31. The molecule has 0 aromatic rings. The summed E-state index contributed by atoms with van der Waals surface area (Å²) in [6.07, 6.45) is -0.595. The second kappa shape index (κ2) is 4.27. The lowest BCUT2D eigenvalue weighted by Gasteiger charge is -2.02. The van der Waals surface area contributed by atoms with Crippen molar-refractivity contribution in [3.63, 3.8) is 0 Å². The second-order valence-electron chi connectivity index (χ2n) is 1.48. The van der Waals surface area contributed by atoms with Gasteiger partial charge in [-0.3, -0.25) is 4.57 Å². The van der Waals surface area contributed by atoms with Crippen LogP contribution in [-0.4, -0.2) is 17.0 Å². The molecule has 0 aliphatic carbocycles. The zero-order valence-electron chi connectivity index (χ0n) is 5.00. The van der Waals surface area contributed by atoms with Gasteiger partial charge in [-0.2, -0.15) is 0 Å². The first-order valence-corrected chi connectivity index (χ1v) is 3.40. The van der Waals surface area contributed by atoms with Crippen molar-refractivity contribution in [3.05, 3.63) is 0 Å². The minimum Gasteiger partial charge on any atom is -0.465 e. The molecule has 1 unspecified atom stereocenters. The topological polar surface area (TPSA) is 66.4 Å². The molecule has 0 aliphatic heterocycles. The summed E-state index contributed by atoms with van der Waals surface area (Å²) < 4.78 is 10.0. The molecule has 0 saturated heterocycles. The molecule has 0 radical (unpaired) electrons. The summed E-state index contributed by atoms with van der Waals surface area (Å²) in [6, 6.07) is 0. The Kier molecular flexibility index (Phi) is 3.97. The molecule has 9 heavy (non-hydrogen) atoms. The van der Waals surface area contributed by atoms with Crippen LogP contribution in [0.1, 0.15) is 13.3 Å². The minimum absolute atomic E-state index is 0.172. The monoisotopic (exact) mass is 149 g/mol. The zero-order valence-corrected chi connectivity index (χ0v) is 5.89. The predicted octanol–water partition coefficient (Wildman–Crippen LogP) is 1.28. The first kappa shape index (κ1) is 8.37. The molecule has 52 valence electrons. The number of carboxylic acid groups (broad SMARTS) is 1. The van der Waals surface area contributed by atoms with Crippen molar-refractivity contribution in [1.29, 1.82) is 0 Å². The van der Waals surface area contributed by atoms with Crippen molar-refractivity contribution in [3.8, 4) is 0 Å². The van der Waals surface area contributed by atoms with Crippen LogP contribution in [0.2, 0.25) is 0 Å². The Balaban J connectivity index is 3.55. The highest BCUT2D eigenvalue weighted by Gasteiger charge is 2.06. The largest absolute Gasteiger partial charge is 0.465 e. The van der Waals surface area contributed by atoms with Gasteiger partial charge in [0.1, 0.15) is 5.78 Å². The number of rotatable bonds is 3. The molecule has 1 amide bonds. The van der Waals surface area contributed by atoms with E-state index in [0.717, 1.165) is 0 Å². The van der Waals surface area contributed by atoms with E-state index in [4.69, 9.17) is 5.11 Å². The van der Waals surface area contributed by atoms with Gasteiger partial charge in [-0.1, -0.05) is 6.92 Å². The van der Waals surface area contributed by atoms with Gasteiger partial charge in [0.15, 0.2) is 8.46 Å². The zero-order chi connectivity index (χ0) is 7.28. The van der Waals surface area contributed by atoms with Crippen LogP contribution in [-0.2, 0) is 4.57 Å². The minimum atomic E-state index is -1.13. The van der Waals surface area contributed by atoms with Crippen molar-refractivity contribution < 1.29 is 14.5 Å². The van der Waals surface area contributed by atoms with Crippen LogP contribution in [0.4, 0.5) is 4.79 Å². The van der Waals surface area contributed by atoms with Crippen LogP contribution in [0.5, 0.6) is 0 Å². The summed E-state index contributed by atoms with van der Waals surface area (Å²) in [4.78, 5) is 9.87. The highest BCUT2D eigenvalue weighted by Crippen LogP contribution is 2.05. The third-order valence-corrected chi connectivity index (χ3v) is 1.55. The Hall–Kier alpha value is -0.630. The third-order valence-electron chi connectivity index (χ3n) is 0.804. The van der Waals surface area contributed by atoms with Crippen LogP contribution < -0.4 is 5.32 Å². The molecule has 0 fully saturated rings. The molecule has 0 aliphatic rings. The van der Waals surface area contributed by atoms with E-state index in [1.54, 1.807) is 6.92 Å². The molecular weight excluding hydrogens is 141 g/mol. The van der Waals surface area contributed by atoms with Gasteiger partial charge in [-0.15, -0.1) is 0 Å². The van der Waals surface area contributed by atoms with E-state index >= 15 is 0 Å². The molecule has 0 bridgehead atoms.